The number of rotatable bonds is 5. The molecule has 0 bridgehead atoms. The van der Waals surface area contributed by atoms with Gasteiger partial charge in [-0.3, -0.25) is 4.90 Å². The van der Waals surface area contributed by atoms with Gasteiger partial charge in [-0.05, 0) is 12.8 Å². The molecule has 0 aromatic rings. The first-order valence-corrected chi connectivity index (χ1v) is 4.95. The standard InChI is InChI=1S/C9H17F2NO2/c10-9(11)7-12-3-1-8(2-4-12)14-6-5-13/h8-9,13H,1-7H2. The number of likely N-dealkylation sites (tertiary alicyclic amines) is 1. The van der Waals surface area contributed by atoms with Crippen molar-refractivity contribution in [2.45, 2.75) is 25.4 Å². The van der Waals surface area contributed by atoms with Gasteiger partial charge in [0.15, 0.2) is 0 Å². The fourth-order valence-electron chi connectivity index (χ4n) is 1.67. The van der Waals surface area contributed by atoms with Gasteiger partial charge in [-0.2, -0.15) is 0 Å². The van der Waals surface area contributed by atoms with Crippen LogP contribution in [0.4, 0.5) is 8.78 Å². The number of halogens is 2. The summed E-state index contributed by atoms with van der Waals surface area (Å²) in [6, 6.07) is 0. The van der Waals surface area contributed by atoms with Crippen LogP contribution < -0.4 is 0 Å². The average molecular weight is 209 g/mol. The van der Waals surface area contributed by atoms with E-state index in [0.717, 1.165) is 12.8 Å². The third kappa shape index (κ3) is 4.30. The van der Waals surface area contributed by atoms with E-state index in [4.69, 9.17) is 9.84 Å². The van der Waals surface area contributed by atoms with Crippen LogP contribution in [0.15, 0.2) is 0 Å². The molecule has 5 heteroatoms. The number of aliphatic hydroxyl groups is 1. The molecule has 0 saturated carbocycles. The zero-order valence-corrected chi connectivity index (χ0v) is 8.16. The third-order valence-corrected chi connectivity index (χ3v) is 2.38. The maximum atomic E-state index is 12.0. The lowest BCUT2D eigenvalue weighted by Gasteiger charge is -2.31. The van der Waals surface area contributed by atoms with Crippen molar-refractivity contribution < 1.29 is 18.6 Å². The summed E-state index contributed by atoms with van der Waals surface area (Å²) in [6.45, 7) is 1.57. The van der Waals surface area contributed by atoms with Crippen LogP contribution in [0, 0.1) is 0 Å². The first-order chi connectivity index (χ1) is 6.72. The zero-order valence-electron chi connectivity index (χ0n) is 8.16. The Labute approximate surface area is 82.7 Å². The van der Waals surface area contributed by atoms with Gasteiger partial charge in [-0.1, -0.05) is 0 Å². The van der Waals surface area contributed by atoms with Crippen molar-refractivity contribution in [2.75, 3.05) is 32.8 Å². The van der Waals surface area contributed by atoms with Crippen LogP contribution in [0.25, 0.3) is 0 Å². The smallest absolute Gasteiger partial charge is 0.251 e. The number of piperidine rings is 1. The highest BCUT2D eigenvalue weighted by molar-refractivity contribution is 4.72. The summed E-state index contributed by atoms with van der Waals surface area (Å²) in [4.78, 5) is 1.75. The van der Waals surface area contributed by atoms with Gasteiger partial charge in [0.25, 0.3) is 6.43 Å². The van der Waals surface area contributed by atoms with Crippen LogP contribution in [0.3, 0.4) is 0 Å². The zero-order chi connectivity index (χ0) is 10.4. The largest absolute Gasteiger partial charge is 0.394 e. The Hall–Kier alpha value is -0.260. The molecule has 0 radical (unpaired) electrons. The van der Waals surface area contributed by atoms with Crippen LogP contribution in [-0.4, -0.2) is 55.4 Å². The lowest BCUT2D eigenvalue weighted by atomic mass is 10.1. The molecule has 0 atom stereocenters. The maximum Gasteiger partial charge on any atom is 0.251 e. The molecule has 3 nitrogen and oxygen atoms in total. The van der Waals surface area contributed by atoms with Crippen molar-refractivity contribution in [3.8, 4) is 0 Å². The molecule has 1 N–H and O–H groups in total. The molecule has 1 aliphatic rings. The Morgan fingerprint density at radius 1 is 1.36 bits per heavy atom. The minimum atomic E-state index is -2.25. The number of ether oxygens (including phenoxy) is 1. The third-order valence-electron chi connectivity index (χ3n) is 2.38. The Morgan fingerprint density at radius 3 is 2.50 bits per heavy atom. The van der Waals surface area contributed by atoms with Gasteiger partial charge >= 0.3 is 0 Å². The molecule has 1 saturated heterocycles. The SMILES string of the molecule is OCCOC1CCN(CC(F)F)CC1. The van der Waals surface area contributed by atoms with Crippen LogP contribution in [-0.2, 0) is 4.74 Å². The number of alkyl halides is 2. The molecule has 1 aliphatic heterocycles. The molecule has 0 spiro atoms. The van der Waals surface area contributed by atoms with E-state index in [2.05, 4.69) is 0 Å². The summed E-state index contributed by atoms with van der Waals surface area (Å²) in [5.41, 5.74) is 0. The van der Waals surface area contributed by atoms with Gasteiger partial charge in [0.2, 0.25) is 0 Å². The quantitative estimate of drug-likeness (QED) is 0.724. The Morgan fingerprint density at radius 2 is 2.00 bits per heavy atom. The molecule has 0 amide bonds. The van der Waals surface area contributed by atoms with Crippen LogP contribution >= 0.6 is 0 Å². The Balaban J connectivity index is 2.11. The van der Waals surface area contributed by atoms with E-state index in [9.17, 15) is 8.78 Å². The lowest BCUT2D eigenvalue weighted by molar-refractivity contribution is -0.0176. The normalized spacial score (nSPS) is 20.6. The fourth-order valence-corrected chi connectivity index (χ4v) is 1.67. The molecule has 84 valence electrons. The Bertz CT molecular complexity index is 150. The van der Waals surface area contributed by atoms with Gasteiger partial charge < -0.3 is 9.84 Å². The van der Waals surface area contributed by atoms with Gasteiger partial charge in [-0.25, -0.2) is 8.78 Å². The van der Waals surface area contributed by atoms with Crippen molar-refractivity contribution in [3.05, 3.63) is 0 Å². The molecule has 1 heterocycles. The van der Waals surface area contributed by atoms with E-state index < -0.39 is 6.43 Å². The molecule has 1 rings (SSSR count). The molecule has 0 aliphatic carbocycles. The van der Waals surface area contributed by atoms with E-state index in [-0.39, 0.29) is 19.3 Å². The highest BCUT2D eigenvalue weighted by atomic mass is 19.3. The van der Waals surface area contributed by atoms with E-state index in [0.29, 0.717) is 19.7 Å². The summed E-state index contributed by atoms with van der Waals surface area (Å²) in [5, 5.41) is 8.53. The summed E-state index contributed by atoms with van der Waals surface area (Å²) >= 11 is 0. The highest BCUT2D eigenvalue weighted by Gasteiger charge is 2.21. The first kappa shape index (κ1) is 11.8. The number of hydrogen-bond donors (Lipinski definition) is 1. The van der Waals surface area contributed by atoms with E-state index in [1.807, 2.05) is 0 Å². The van der Waals surface area contributed by atoms with Gasteiger partial charge in [0.1, 0.15) is 0 Å². The predicted octanol–water partition coefficient (Wildman–Crippen LogP) is 0.725. The van der Waals surface area contributed by atoms with Crippen molar-refractivity contribution in [1.29, 1.82) is 0 Å². The van der Waals surface area contributed by atoms with Gasteiger partial charge in [-0.15, -0.1) is 0 Å². The minimum Gasteiger partial charge on any atom is -0.394 e. The predicted molar refractivity (Wildman–Crippen MR) is 48.5 cm³/mol. The minimum absolute atomic E-state index is 0.0250. The summed E-state index contributed by atoms with van der Waals surface area (Å²) < 4.78 is 29.3. The van der Waals surface area contributed by atoms with Crippen LogP contribution in [0.5, 0.6) is 0 Å². The van der Waals surface area contributed by atoms with Gasteiger partial charge in [0.05, 0.1) is 25.9 Å². The van der Waals surface area contributed by atoms with Crippen molar-refractivity contribution in [1.82, 2.24) is 4.90 Å². The molecule has 1 fully saturated rings. The molecule has 14 heavy (non-hydrogen) atoms. The average Bonchev–Trinajstić information content (AvgIpc) is 2.16. The number of aliphatic hydroxyl groups excluding tert-OH is 1. The maximum absolute atomic E-state index is 12.0. The number of hydrogen-bond acceptors (Lipinski definition) is 3. The number of nitrogens with zero attached hydrogens (tertiary/aromatic N) is 1. The molecule has 0 aromatic carbocycles. The summed E-state index contributed by atoms with van der Waals surface area (Å²) in [7, 11) is 0. The van der Waals surface area contributed by atoms with Gasteiger partial charge in [0, 0.05) is 13.1 Å². The van der Waals surface area contributed by atoms with Crippen molar-refractivity contribution in [3.63, 3.8) is 0 Å². The molecular weight excluding hydrogens is 192 g/mol. The summed E-state index contributed by atoms with van der Waals surface area (Å²) in [6.07, 6.45) is -0.541. The fraction of sp³-hybridized carbons (Fsp3) is 1.00. The first-order valence-electron chi connectivity index (χ1n) is 4.95. The highest BCUT2D eigenvalue weighted by Crippen LogP contribution is 2.14. The lowest BCUT2D eigenvalue weighted by Crippen LogP contribution is -2.39. The van der Waals surface area contributed by atoms with E-state index >= 15 is 0 Å². The van der Waals surface area contributed by atoms with Crippen LogP contribution in [0.1, 0.15) is 12.8 Å². The van der Waals surface area contributed by atoms with E-state index in [1.165, 1.54) is 0 Å². The van der Waals surface area contributed by atoms with Crippen molar-refractivity contribution in [2.24, 2.45) is 0 Å². The molecular formula is C9H17F2NO2. The van der Waals surface area contributed by atoms with Crippen LogP contribution in [0.2, 0.25) is 0 Å². The second kappa shape index (κ2) is 6.27. The summed E-state index contributed by atoms with van der Waals surface area (Å²) in [5.74, 6) is 0. The Kier molecular flexibility index (Phi) is 5.29. The van der Waals surface area contributed by atoms with E-state index in [1.54, 1.807) is 4.90 Å². The second-order valence-electron chi connectivity index (χ2n) is 3.49. The topological polar surface area (TPSA) is 32.7 Å². The molecule has 0 aromatic heterocycles. The molecule has 0 unspecified atom stereocenters. The van der Waals surface area contributed by atoms with Crippen molar-refractivity contribution >= 4 is 0 Å². The monoisotopic (exact) mass is 209 g/mol. The second-order valence-corrected chi connectivity index (χ2v) is 3.49.